The summed E-state index contributed by atoms with van der Waals surface area (Å²) in [6, 6.07) is 7.08. The lowest BCUT2D eigenvalue weighted by atomic mass is 9.71. The molecule has 1 saturated carbocycles. The summed E-state index contributed by atoms with van der Waals surface area (Å²) in [5.74, 6) is 0.223. The number of carbonyl (C=O) groups is 1. The van der Waals surface area contributed by atoms with E-state index in [0.717, 1.165) is 18.7 Å². The van der Waals surface area contributed by atoms with E-state index in [0.29, 0.717) is 22.4 Å². The molecule has 2 aromatic rings. The number of rotatable bonds is 3. The molecular weight excluding hydrogens is 318 g/mol. The van der Waals surface area contributed by atoms with E-state index in [1.807, 2.05) is 21.0 Å². The average Bonchev–Trinajstić information content (AvgIpc) is 2.95. The van der Waals surface area contributed by atoms with Crippen LogP contribution in [-0.4, -0.2) is 54.7 Å². The molecule has 1 aliphatic carbocycles. The Kier molecular flexibility index (Phi) is 3.89. The molecule has 132 valence electrons. The van der Waals surface area contributed by atoms with Gasteiger partial charge in [0.2, 0.25) is 0 Å². The number of ether oxygens (including phenoxy) is 1. The summed E-state index contributed by atoms with van der Waals surface area (Å²) in [6.45, 7) is 2.58. The molecule has 2 fully saturated rings. The first-order chi connectivity index (χ1) is 12.0. The summed E-state index contributed by atoms with van der Waals surface area (Å²) in [5, 5.41) is 3.72. The molecule has 1 saturated heterocycles. The number of fused-ring (bicyclic) bond motifs is 2. The average molecular weight is 341 g/mol. The molecule has 6 heteroatoms. The number of pyridine rings is 1. The molecule has 2 aliphatic rings. The van der Waals surface area contributed by atoms with Crippen LogP contribution >= 0.6 is 0 Å². The summed E-state index contributed by atoms with van der Waals surface area (Å²) in [6.07, 6.45) is 1.18. The van der Waals surface area contributed by atoms with Gasteiger partial charge in [-0.15, -0.1) is 0 Å². The van der Waals surface area contributed by atoms with Crippen LogP contribution in [-0.2, 0) is 4.74 Å². The van der Waals surface area contributed by atoms with Crippen LogP contribution in [0.2, 0.25) is 0 Å². The van der Waals surface area contributed by atoms with Crippen LogP contribution in [0.15, 0.2) is 29.1 Å². The lowest BCUT2D eigenvalue weighted by molar-refractivity contribution is -0.0664. The van der Waals surface area contributed by atoms with Crippen LogP contribution in [0.5, 0.6) is 0 Å². The minimum Gasteiger partial charge on any atom is -0.376 e. The Balaban J connectivity index is 1.66. The van der Waals surface area contributed by atoms with Gasteiger partial charge in [-0.1, -0.05) is 6.07 Å². The van der Waals surface area contributed by atoms with Crippen LogP contribution < -0.4 is 10.7 Å². The van der Waals surface area contributed by atoms with Gasteiger partial charge >= 0.3 is 0 Å². The quantitative estimate of drug-likeness (QED) is 0.882. The second-order valence-electron chi connectivity index (χ2n) is 7.29. The number of benzene rings is 1. The minimum atomic E-state index is -0.144. The summed E-state index contributed by atoms with van der Waals surface area (Å²) in [5.41, 5.74) is 1.79. The molecule has 25 heavy (non-hydrogen) atoms. The third-order valence-corrected chi connectivity index (χ3v) is 5.49. The van der Waals surface area contributed by atoms with Gasteiger partial charge in [-0.25, -0.2) is 0 Å². The Labute approximate surface area is 146 Å². The van der Waals surface area contributed by atoms with Crippen LogP contribution in [0.4, 0.5) is 0 Å². The largest absolute Gasteiger partial charge is 0.376 e. The summed E-state index contributed by atoms with van der Waals surface area (Å²) in [4.78, 5) is 30.4. The van der Waals surface area contributed by atoms with Crippen molar-refractivity contribution in [1.82, 2.24) is 15.2 Å². The van der Waals surface area contributed by atoms with E-state index in [4.69, 9.17) is 4.74 Å². The third-order valence-electron chi connectivity index (χ3n) is 5.49. The Hall–Kier alpha value is -2.18. The van der Waals surface area contributed by atoms with Crippen molar-refractivity contribution in [1.29, 1.82) is 0 Å². The molecule has 1 aliphatic heterocycles. The number of carbonyl (C=O) groups excluding carboxylic acids is 1. The van der Waals surface area contributed by atoms with Crippen molar-refractivity contribution in [3.63, 3.8) is 0 Å². The Morgan fingerprint density at radius 2 is 2.16 bits per heavy atom. The zero-order valence-electron chi connectivity index (χ0n) is 14.7. The summed E-state index contributed by atoms with van der Waals surface area (Å²) < 4.78 is 5.80. The zero-order chi connectivity index (χ0) is 17.7. The molecule has 4 rings (SSSR count). The number of amides is 1. The van der Waals surface area contributed by atoms with E-state index in [1.165, 1.54) is 0 Å². The predicted molar refractivity (Wildman–Crippen MR) is 95.9 cm³/mol. The highest BCUT2D eigenvalue weighted by Crippen LogP contribution is 2.41. The van der Waals surface area contributed by atoms with E-state index < -0.39 is 0 Å². The molecule has 6 nitrogen and oxygen atoms in total. The van der Waals surface area contributed by atoms with Crippen LogP contribution in [0.25, 0.3) is 10.9 Å². The number of para-hydroxylation sites is 1. The van der Waals surface area contributed by atoms with Crippen molar-refractivity contribution >= 4 is 16.8 Å². The SMILES string of the molecule is Cc1cc(=O)c2cccc(C(=O)N[C@@H]3[C@@H]4CCO[C@@H]4[C@H]3N(C)C)c2[nH]1. The van der Waals surface area contributed by atoms with Gasteiger partial charge in [0.1, 0.15) is 0 Å². The van der Waals surface area contributed by atoms with Crippen molar-refractivity contribution in [2.45, 2.75) is 31.5 Å². The molecule has 0 bridgehead atoms. The Morgan fingerprint density at radius 1 is 1.36 bits per heavy atom. The lowest BCUT2D eigenvalue weighted by Gasteiger charge is -2.50. The first kappa shape index (κ1) is 16.3. The topological polar surface area (TPSA) is 74.4 Å². The predicted octanol–water partition coefficient (Wildman–Crippen LogP) is 1.28. The van der Waals surface area contributed by atoms with Crippen molar-refractivity contribution in [3.8, 4) is 0 Å². The van der Waals surface area contributed by atoms with Gasteiger partial charge in [0.15, 0.2) is 5.43 Å². The van der Waals surface area contributed by atoms with Gasteiger partial charge in [0.25, 0.3) is 5.91 Å². The minimum absolute atomic E-state index is 0.0695. The molecule has 2 heterocycles. The van der Waals surface area contributed by atoms with Gasteiger partial charge in [0, 0.05) is 29.7 Å². The first-order valence-corrected chi connectivity index (χ1v) is 8.69. The fourth-order valence-electron chi connectivity index (χ4n) is 4.30. The van der Waals surface area contributed by atoms with E-state index in [-0.39, 0.29) is 29.5 Å². The van der Waals surface area contributed by atoms with Crippen molar-refractivity contribution in [2.75, 3.05) is 20.7 Å². The first-order valence-electron chi connectivity index (χ1n) is 8.69. The zero-order valence-corrected chi connectivity index (χ0v) is 14.7. The second kappa shape index (κ2) is 5.97. The Bertz CT molecular complexity index is 889. The fourth-order valence-corrected chi connectivity index (χ4v) is 4.30. The number of H-pyrrole nitrogens is 1. The van der Waals surface area contributed by atoms with E-state index in [2.05, 4.69) is 15.2 Å². The number of hydrogen-bond acceptors (Lipinski definition) is 4. The summed E-state index contributed by atoms with van der Waals surface area (Å²) in [7, 11) is 4.03. The normalized spacial score (nSPS) is 28.0. The molecule has 1 aromatic heterocycles. The highest BCUT2D eigenvalue weighted by molar-refractivity contribution is 6.05. The molecular formula is C19H23N3O3. The number of aromatic nitrogens is 1. The molecule has 0 spiro atoms. The molecule has 1 amide bonds. The molecule has 1 aromatic carbocycles. The van der Waals surface area contributed by atoms with Gasteiger partial charge in [-0.2, -0.15) is 0 Å². The standard InChI is InChI=1S/C19H23N3O3/c1-10-9-14(23)11-5-4-6-13(15(11)20-10)19(24)21-16-12-7-8-25-18(12)17(16)22(2)3/h4-6,9,12,16-18H,7-8H2,1-3H3,(H,20,23)(H,21,24)/t12-,16+,17-,18-/m0/s1. The van der Waals surface area contributed by atoms with Gasteiger partial charge in [-0.3, -0.25) is 9.59 Å². The monoisotopic (exact) mass is 341 g/mol. The smallest absolute Gasteiger partial charge is 0.253 e. The maximum atomic E-state index is 12.9. The molecule has 2 N–H and O–H groups in total. The van der Waals surface area contributed by atoms with Gasteiger partial charge < -0.3 is 19.9 Å². The van der Waals surface area contributed by atoms with Crippen molar-refractivity contribution in [3.05, 3.63) is 45.7 Å². The van der Waals surface area contributed by atoms with E-state index in [9.17, 15) is 9.59 Å². The lowest BCUT2D eigenvalue weighted by Crippen LogP contribution is -2.69. The number of hydrogen-bond donors (Lipinski definition) is 2. The van der Waals surface area contributed by atoms with Crippen molar-refractivity contribution < 1.29 is 9.53 Å². The number of nitrogens with one attached hydrogen (secondary N) is 2. The number of likely N-dealkylation sites (N-methyl/N-ethyl adjacent to an activating group) is 1. The van der Waals surface area contributed by atoms with E-state index >= 15 is 0 Å². The van der Waals surface area contributed by atoms with Crippen molar-refractivity contribution in [2.24, 2.45) is 5.92 Å². The summed E-state index contributed by atoms with van der Waals surface area (Å²) >= 11 is 0. The van der Waals surface area contributed by atoms with Gasteiger partial charge in [-0.05, 0) is 39.6 Å². The fraction of sp³-hybridized carbons (Fsp3) is 0.474. The number of aromatic amines is 1. The molecule has 0 unspecified atom stereocenters. The molecule has 4 atom stereocenters. The Morgan fingerprint density at radius 3 is 2.92 bits per heavy atom. The highest BCUT2D eigenvalue weighted by Gasteiger charge is 2.55. The maximum absolute atomic E-state index is 12.9. The van der Waals surface area contributed by atoms with Crippen LogP contribution in [0, 0.1) is 12.8 Å². The maximum Gasteiger partial charge on any atom is 0.253 e. The third kappa shape index (κ3) is 2.56. The van der Waals surface area contributed by atoms with Crippen LogP contribution in [0.3, 0.4) is 0 Å². The van der Waals surface area contributed by atoms with E-state index in [1.54, 1.807) is 24.3 Å². The van der Waals surface area contributed by atoms with Gasteiger partial charge in [0.05, 0.1) is 29.3 Å². The highest BCUT2D eigenvalue weighted by atomic mass is 16.5. The number of nitrogens with zero attached hydrogens (tertiary/aromatic N) is 1. The number of aryl methyl sites for hydroxylation is 1. The van der Waals surface area contributed by atoms with Crippen LogP contribution in [0.1, 0.15) is 22.5 Å². The second-order valence-corrected chi connectivity index (χ2v) is 7.29. The molecule has 0 radical (unpaired) electrons.